The molecule has 5 heteroatoms. The van der Waals surface area contributed by atoms with E-state index in [1.165, 1.54) is 12.1 Å². The molecule has 4 nitrogen and oxygen atoms in total. The normalized spacial score (nSPS) is 10.9. The summed E-state index contributed by atoms with van der Waals surface area (Å²) in [6.45, 7) is 0.488. The van der Waals surface area contributed by atoms with Crippen molar-refractivity contribution in [3.63, 3.8) is 0 Å². The van der Waals surface area contributed by atoms with Gasteiger partial charge in [-0.25, -0.2) is 4.39 Å². The first kappa shape index (κ1) is 20.7. The molecule has 0 radical (unpaired) electrons. The molecule has 0 aliphatic rings. The summed E-state index contributed by atoms with van der Waals surface area (Å²) >= 11 is 0. The Hall–Kier alpha value is -3.60. The Morgan fingerprint density at radius 1 is 1.00 bits per heavy atom. The number of carbonyl (C=O) groups excluding carboxylic acids is 1. The van der Waals surface area contributed by atoms with Crippen LogP contribution in [0.4, 0.5) is 4.39 Å². The van der Waals surface area contributed by atoms with Crippen LogP contribution in [0.1, 0.15) is 17.5 Å². The quantitative estimate of drug-likeness (QED) is 0.411. The first-order valence-corrected chi connectivity index (χ1v) is 10.4. The third-order valence-corrected chi connectivity index (χ3v) is 5.42. The highest BCUT2D eigenvalue weighted by molar-refractivity contribution is 5.91. The highest BCUT2D eigenvalue weighted by atomic mass is 19.1. The lowest BCUT2D eigenvalue weighted by Crippen LogP contribution is -2.25. The van der Waals surface area contributed by atoms with E-state index in [0.717, 1.165) is 39.0 Å². The lowest BCUT2D eigenvalue weighted by Gasteiger charge is -2.08. The van der Waals surface area contributed by atoms with Crippen molar-refractivity contribution in [1.82, 2.24) is 10.3 Å². The second kappa shape index (κ2) is 9.47. The lowest BCUT2D eigenvalue weighted by molar-refractivity contribution is -0.121. The number of aryl methyl sites for hydroxylation is 1. The van der Waals surface area contributed by atoms with Crippen LogP contribution in [0.2, 0.25) is 0 Å². The number of rotatable bonds is 8. The van der Waals surface area contributed by atoms with Gasteiger partial charge in [0.2, 0.25) is 5.91 Å². The molecule has 0 atom stereocenters. The fraction of sp³-hybridized carbons (Fsp3) is 0.192. The Bertz CT molecular complexity index is 1180. The summed E-state index contributed by atoms with van der Waals surface area (Å²) in [5.41, 5.74) is 5.13. The van der Waals surface area contributed by atoms with Crippen LogP contribution in [-0.2, 0) is 17.6 Å². The number of H-pyrrole nitrogens is 1. The number of methoxy groups -OCH3 is 1. The molecule has 0 bridgehead atoms. The number of carbonyl (C=O) groups is 1. The van der Waals surface area contributed by atoms with Crippen molar-refractivity contribution in [3.8, 4) is 17.0 Å². The predicted molar refractivity (Wildman–Crippen MR) is 122 cm³/mol. The van der Waals surface area contributed by atoms with Gasteiger partial charge in [0.15, 0.2) is 0 Å². The highest BCUT2D eigenvalue weighted by Gasteiger charge is 2.14. The molecule has 0 fully saturated rings. The van der Waals surface area contributed by atoms with Crippen molar-refractivity contribution < 1.29 is 13.9 Å². The van der Waals surface area contributed by atoms with Gasteiger partial charge in [0.05, 0.1) is 7.11 Å². The minimum Gasteiger partial charge on any atom is -0.497 e. The predicted octanol–water partition coefficient (Wildman–Crippen LogP) is 5.27. The summed E-state index contributed by atoms with van der Waals surface area (Å²) in [5, 5.41) is 4.07. The second-order valence-corrected chi connectivity index (χ2v) is 7.48. The summed E-state index contributed by atoms with van der Waals surface area (Å²) in [6.07, 6.45) is 1.61. The molecule has 2 N–H and O–H groups in total. The zero-order valence-electron chi connectivity index (χ0n) is 17.5. The zero-order chi connectivity index (χ0) is 21.6. The number of ether oxygens (including phenoxy) is 1. The van der Waals surface area contributed by atoms with E-state index in [9.17, 15) is 9.18 Å². The van der Waals surface area contributed by atoms with Crippen LogP contribution in [0.3, 0.4) is 0 Å². The Morgan fingerprint density at radius 3 is 2.58 bits per heavy atom. The van der Waals surface area contributed by atoms with Gasteiger partial charge >= 0.3 is 0 Å². The van der Waals surface area contributed by atoms with Gasteiger partial charge in [-0.05, 0) is 72.0 Å². The molecule has 0 saturated heterocycles. The number of nitrogens with one attached hydrogen (secondary N) is 2. The molecule has 0 aliphatic heterocycles. The number of para-hydroxylation sites is 1. The number of hydrogen-bond acceptors (Lipinski definition) is 2. The lowest BCUT2D eigenvalue weighted by atomic mass is 10.0. The average molecular weight is 416 g/mol. The molecular weight excluding hydrogens is 391 g/mol. The fourth-order valence-corrected chi connectivity index (χ4v) is 3.83. The number of fused-ring (bicyclic) bond motifs is 1. The smallest absolute Gasteiger partial charge is 0.220 e. The number of aromatic amines is 1. The molecular formula is C26H25FN2O2. The summed E-state index contributed by atoms with van der Waals surface area (Å²) in [4.78, 5) is 16.0. The van der Waals surface area contributed by atoms with Gasteiger partial charge in [0.25, 0.3) is 0 Å². The van der Waals surface area contributed by atoms with Crippen molar-refractivity contribution in [1.29, 1.82) is 0 Å². The average Bonchev–Trinajstić information content (AvgIpc) is 3.16. The topological polar surface area (TPSA) is 54.1 Å². The van der Waals surface area contributed by atoms with Crippen molar-refractivity contribution in [2.75, 3.05) is 13.7 Å². The van der Waals surface area contributed by atoms with Crippen LogP contribution in [0.5, 0.6) is 5.75 Å². The van der Waals surface area contributed by atoms with E-state index in [-0.39, 0.29) is 11.7 Å². The van der Waals surface area contributed by atoms with E-state index in [4.69, 9.17) is 4.74 Å². The second-order valence-electron chi connectivity index (χ2n) is 7.48. The van der Waals surface area contributed by atoms with Crippen LogP contribution < -0.4 is 10.1 Å². The SMILES string of the molecule is COc1ccc(-c2[nH]c3ccccc3c2CCC(=O)NCCc2cccc(F)c2)cc1. The van der Waals surface area contributed by atoms with E-state index in [2.05, 4.69) is 16.4 Å². The zero-order valence-corrected chi connectivity index (χ0v) is 17.5. The number of hydrogen-bond donors (Lipinski definition) is 2. The number of halogens is 1. The van der Waals surface area contributed by atoms with Gasteiger partial charge in [-0.1, -0.05) is 30.3 Å². The first-order valence-electron chi connectivity index (χ1n) is 10.4. The molecule has 31 heavy (non-hydrogen) atoms. The van der Waals surface area contributed by atoms with Crippen LogP contribution in [0, 0.1) is 5.82 Å². The minimum absolute atomic E-state index is 0.0117. The van der Waals surface area contributed by atoms with Gasteiger partial charge in [0, 0.05) is 29.6 Å². The molecule has 0 spiro atoms. The Kier molecular flexibility index (Phi) is 6.32. The minimum atomic E-state index is -0.255. The monoisotopic (exact) mass is 416 g/mol. The van der Waals surface area contributed by atoms with Gasteiger partial charge < -0.3 is 15.0 Å². The maximum Gasteiger partial charge on any atom is 0.220 e. The third kappa shape index (κ3) is 4.94. The van der Waals surface area contributed by atoms with Crippen LogP contribution in [-0.4, -0.2) is 24.5 Å². The third-order valence-electron chi connectivity index (χ3n) is 5.42. The van der Waals surface area contributed by atoms with Crippen LogP contribution >= 0.6 is 0 Å². The number of benzene rings is 3. The summed E-state index contributed by atoms with van der Waals surface area (Å²) in [7, 11) is 1.65. The maximum atomic E-state index is 13.3. The molecule has 1 amide bonds. The molecule has 0 saturated carbocycles. The van der Waals surface area contributed by atoms with Gasteiger partial charge in [-0.2, -0.15) is 0 Å². The molecule has 4 aromatic rings. The van der Waals surface area contributed by atoms with E-state index < -0.39 is 0 Å². The van der Waals surface area contributed by atoms with Gasteiger partial charge in [0.1, 0.15) is 11.6 Å². The van der Waals surface area contributed by atoms with E-state index in [1.807, 2.05) is 48.5 Å². The molecule has 0 aliphatic carbocycles. The van der Waals surface area contributed by atoms with Gasteiger partial charge in [-0.15, -0.1) is 0 Å². The Balaban J connectivity index is 1.45. The maximum absolute atomic E-state index is 13.3. The van der Waals surface area contributed by atoms with E-state index >= 15 is 0 Å². The molecule has 158 valence electrons. The Labute approximate surface area is 181 Å². The number of amides is 1. The Morgan fingerprint density at radius 2 is 1.81 bits per heavy atom. The molecule has 4 rings (SSSR count). The summed E-state index contributed by atoms with van der Waals surface area (Å²) < 4.78 is 18.5. The molecule has 1 heterocycles. The van der Waals surface area contributed by atoms with Crippen molar-refractivity contribution in [3.05, 3.63) is 89.7 Å². The van der Waals surface area contributed by atoms with Crippen molar-refractivity contribution in [2.24, 2.45) is 0 Å². The highest BCUT2D eigenvalue weighted by Crippen LogP contribution is 2.32. The van der Waals surface area contributed by atoms with Crippen molar-refractivity contribution >= 4 is 16.8 Å². The standard InChI is InChI=1S/C26H25FN2O2/c1-31-21-11-9-19(10-12-21)26-23(22-7-2-3-8-24(22)29-26)13-14-25(30)28-16-15-18-5-4-6-20(27)17-18/h2-12,17,29H,13-16H2,1H3,(H,28,30). The van der Waals surface area contributed by atoms with Crippen LogP contribution in [0.25, 0.3) is 22.2 Å². The molecule has 0 unspecified atom stereocenters. The largest absolute Gasteiger partial charge is 0.497 e. The first-order chi connectivity index (χ1) is 15.1. The van der Waals surface area contributed by atoms with E-state index in [1.54, 1.807) is 13.2 Å². The fourth-order valence-electron chi connectivity index (χ4n) is 3.83. The molecule has 1 aromatic heterocycles. The summed E-state index contributed by atoms with van der Waals surface area (Å²) in [6, 6.07) is 22.5. The van der Waals surface area contributed by atoms with Crippen LogP contribution in [0.15, 0.2) is 72.8 Å². The summed E-state index contributed by atoms with van der Waals surface area (Å²) in [5.74, 6) is 0.538. The van der Waals surface area contributed by atoms with E-state index in [0.29, 0.717) is 25.8 Å². The van der Waals surface area contributed by atoms with Crippen molar-refractivity contribution in [2.45, 2.75) is 19.3 Å². The number of aromatic nitrogens is 1. The van der Waals surface area contributed by atoms with Gasteiger partial charge in [-0.3, -0.25) is 4.79 Å². The molecule has 3 aromatic carbocycles.